The average molecular weight is 740 g/mol. The second kappa shape index (κ2) is 13.7. The highest BCUT2D eigenvalue weighted by Gasteiger charge is 2.46. The van der Waals surface area contributed by atoms with Crippen molar-refractivity contribution in [1.29, 1.82) is 0 Å². The molecule has 4 heterocycles. The normalized spacial score (nSPS) is 20.6. The first-order valence-corrected chi connectivity index (χ1v) is 19.2. The first kappa shape index (κ1) is 36.3. The van der Waals surface area contributed by atoms with Crippen LogP contribution in [0.1, 0.15) is 68.7 Å². The second-order valence-corrected chi connectivity index (χ2v) is 16.4. The molecule has 280 valence electrons. The number of nitrogens with one attached hydrogen (secondary N) is 1. The van der Waals surface area contributed by atoms with Gasteiger partial charge in [0.25, 0.3) is 11.8 Å². The van der Waals surface area contributed by atoms with Gasteiger partial charge < -0.3 is 23.7 Å². The Hall–Kier alpha value is -4.05. The van der Waals surface area contributed by atoms with Crippen molar-refractivity contribution < 1.29 is 36.3 Å². The number of piperidine rings is 1. The summed E-state index contributed by atoms with van der Waals surface area (Å²) in [5.41, 5.74) is 3.46. The maximum Gasteiger partial charge on any atom is 0.341 e. The third kappa shape index (κ3) is 6.45. The van der Waals surface area contributed by atoms with Gasteiger partial charge in [0.2, 0.25) is 0 Å². The number of hydrogen-bond acceptors (Lipinski definition) is 10. The topological polar surface area (TPSA) is 142 Å². The van der Waals surface area contributed by atoms with Crippen molar-refractivity contribution in [3.63, 3.8) is 0 Å². The number of benzene rings is 2. The first-order valence-electron chi connectivity index (χ1n) is 17.8. The molecule has 1 spiro atoms. The SMILES string of the molecule is COCC1CN(c2cc(C)c3c4c(c(=O)oc3c2C)CN(C(=O)c2ccc(C(=O)NS(=O)(=O)N3CCC5(CC3)CC5)c(OC)c2F)CC4)CCN1C. The third-order valence-corrected chi connectivity index (χ3v) is 13.1. The smallest absolute Gasteiger partial charge is 0.341 e. The zero-order valence-corrected chi connectivity index (χ0v) is 31.2. The molecule has 1 saturated carbocycles. The van der Waals surface area contributed by atoms with E-state index in [1.807, 2.05) is 18.6 Å². The fourth-order valence-electron chi connectivity index (χ4n) is 8.18. The summed E-state index contributed by atoms with van der Waals surface area (Å²) in [6.07, 6.45) is 4.02. The van der Waals surface area contributed by atoms with Crippen molar-refractivity contribution >= 4 is 38.7 Å². The van der Waals surface area contributed by atoms with Crippen LogP contribution >= 0.6 is 0 Å². The van der Waals surface area contributed by atoms with E-state index in [0.717, 1.165) is 86.3 Å². The van der Waals surface area contributed by atoms with Gasteiger partial charge in [-0.05, 0) is 87.7 Å². The largest absolute Gasteiger partial charge is 0.493 e. The standard InChI is InChI=1S/C37H46FN5O8S/c1-22-18-29(41-17-16-40(3)24(19-41)21-49-4)23(2)32-30(22)25-8-13-42(20-28(25)36(46)51-32)35(45)26-6-7-27(33(50-5)31(26)38)34(44)39-52(47,48)43-14-11-37(9-10-37)12-15-43/h6-7,18,24H,8-17,19-21H2,1-5H3,(H,39,44). The van der Waals surface area contributed by atoms with Gasteiger partial charge in [-0.1, -0.05) is 0 Å². The fraction of sp³-hybridized carbons (Fsp3) is 0.541. The lowest BCUT2D eigenvalue weighted by atomic mass is 9.92. The molecule has 1 aliphatic carbocycles. The van der Waals surface area contributed by atoms with E-state index >= 15 is 4.39 Å². The van der Waals surface area contributed by atoms with Crippen LogP contribution in [0, 0.1) is 25.1 Å². The molecule has 3 aromatic rings. The van der Waals surface area contributed by atoms with Crippen LogP contribution in [0.15, 0.2) is 27.4 Å². The van der Waals surface area contributed by atoms with Gasteiger partial charge in [0, 0.05) is 63.0 Å². The molecular formula is C37H46FN5O8S. The van der Waals surface area contributed by atoms with Crippen LogP contribution in [-0.2, 0) is 27.9 Å². The second-order valence-electron chi connectivity index (χ2n) is 14.7. The number of halogens is 1. The zero-order chi connectivity index (χ0) is 37.1. The summed E-state index contributed by atoms with van der Waals surface area (Å²) in [5, 5.41) is 0.847. The molecule has 3 fully saturated rings. The number of anilines is 1. The van der Waals surface area contributed by atoms with Crippen molar-refractivity contribution in [3.8, 4) is 5.75 Å². The molecule has 3 aliphatic heterocycles. The maximum atomic E-state index is 15.9. The Morgan fingerprint density at radius 2 is 1.73 bits per heavy atom. The predicted octanol–water partition coefficient (Wildman–Crippen LogP) is 3.37. The molecule has 7 rings (SSSR count). The van der Waals surface area contributed by atoms with E-state index in [1.165, 1.54) is 15.3 Å². The van der Waals surface area contributed by atoms with Gasteiger partial charge in [0.15, 0.2) is 11.6 Å². The van der Waals surface area contributed by atoms with Crippen LogP contribution in [0.3, 0.4) is 0 Å². The van der Waals surface area contributed by atoms with Gasteiger partial charge in [0.05, 0.1) is 43.0 Å². The molecule has 2 saturated heterocycles. The average Bonchev–Trinajstić information content (AvgIpc) is 3.88. The lowest BCUT2D eigenvalue weighted by Gasteiger charge is -2.41. The summed E-state index contributed by atoms with van der Waals surface area (Å²) >= 11 is 0. The van der Waals surface area contributed by atoms with Gasteiger partial charge in [-0.15, -0.1) is 0 Å². The number of hydrogen-bond donors (Lipinski definition) is 1. The number of fused-ring (bicyclic) bond motifs is 3. The number of amides is 2. The first-order chi connectivity index (χ1) is 24.8. The number of methoxy groups -OCH3 is 2. The van der Waals surface area contributed by atoms with Crippen molar-refractivity contribution in [2.75, 3.05) is 72.0 Å². The van der Waals surface area contributed by atoms with Crippen LogP contribution in [0.25, 0.3) is 11.0 Å². The van der Waals surface area contributed by atoms with Gasteiger partial charge in [-0.3, -0.25) is 14.5 Å². The monoisotopic (exact) mass is 739 g/mol. The minimum Gasteiger partial charge on any atom is -0.493 e. The van der Waals surface area contributed by atoms with Crippen LogP contribution in [-0.4, -0.2) is 108 Å². The number of aryl methyl sites for hydroxylation is 2. The van der Waals surface area contributed by atoms with E-state index in [0.29, 0.717) is 37.3 Å². The van der Waals surface area contributed by atoms with E-state index in [1.54, 1.807) is 7.11 Å². The molecule has 4 aliphatic rings. The quantitative estimate of drug-likeness (QED) is 0.342. The summed E-state index contributed by atoms with van der Waals surface area (Å²) in [4.78, 5) is 46.4. The molecule has 1 unspecified atom stereocenters. The summed E-state index contributed by atoms with van der Waals surface area (Å²) < 4.78 is 61.9. The summed E-state index contributed by atoms with van der Waals surface area (Å²) in [7, 11) is 0.759. The molecule has 1 N–H and O–H groups in total. The Kier molecular flexibility index (Phi) is 9.59. The highest BCUT2D eigenvalue weighted by molar-refractivity contribution is 7.87. The Balaban J connectivity index is 1.11. The van der Waals surface area contributed by atoms with E-state index in [4.69, 9.17) is 13.9 Å². The Bertz CT molecular complexity index is 2110. The number of piperazine rings is 1. The molecule has 0 bridgehead atoms. The molecule has 1 atom stereocenters. The fourth-order valence-corrected chi connectivity index (χ4v) is 9.31. The highest BCUT2D eigenvalue weighted by Crippen LogP contribution is 2.53. The lowest BCUT2D eigenvalue weighted by molar-refractivity contribution is 0.0726. The predicted molar refractivity (Wildman–Crippen MR) is 193 cm³/mol. The molecule has 52 heavy (non-hydrogen) atoms. The molecule has 13 nitrogen and oxygen atoms in total. The van der Waals surface area contributed by atoms with Crippen LogP contribution in [0.5, 0.6) is 5.75 Å². The van der Waals surface area contributed by atoms with Crippen LogP contribution in [0.4, 0.5) is 10.1 Å². The van der Waals surface area contributed by atoms with Crippen LogP contribution < -0.4 is 20.0 Å². The Labute approximate surface area is 302 Å². The van der Waals surface area contributed by atoms with E-state index in [2.05, 4.69) is 22.9 Å². The van der Waals surface area contributed by atoms with Gasteiger partial charge >= 0.3 is 15.8 Å². The van der Waals surface area contributed by atoms with Gasteiger partial charge in [0.1, 0.15) is 5.58 Å². The molecule has 15 heteroatoms. The van der Waals surface area contributed by atoms with Gasteiger partial charge in [-0.25, -0.2) is 13.9 Å². The third-order valence-electron chi connectivity index (χ3n) is 11.6. The Morgan fingerprint density at radius 3 is 2.40 bits per heavy atom. The minimum absolute atomic E-state index is 0.0941. The number of ether oxygens (including phenoxy) is 2. The molecule has 1 aromatic heterocycles. The van der Waals surface area contributed by atoms with Crippen molar-refractivity contribution in [2.24, 2.45) is 5.41 Å². The highest BCUT2D eigenvalue weighted by atomic mass is 32.2. The van der Waals surface area contributed by atoms with E-state index in [9.17, 15) is 22.8 Å². The van der Waals surface area contributed by atoms with E-state index < -0.39 is 39.2 Å². The zero-order valence-electron chi connectivity index (χ0n) is 30.3. The summed E-state index contributed by atoms with van der Waals surface area (Å²) in [6.45, 7) is 7.75. The summed E-state index contributed by atoms with van der Waals surface area (Å²) in [6, 6.07) is 4.67. The van der Waals surface area contributed by atoms with Crippen molar-refractivity contribution in [3.05, 3.63) is 67.8 Å². The van der Waals surface area contributed by atoms with Crippen molar-refractivity contribution in [2.45, 2.75) is 58.5 Å². The van der Waals surface area contributed by atoms with Gasteiger partial charge in [-0.2, -0.15) is 12.7 Å². The summed E-state index contributed by atoms with van der Waals surface area (Å²) in [5.74, 6) is -3.41. The minimum atomic E-state index is -4.17. The Morgan fingerprint density at radius 1 is 1.02 bits per heavy atom. The maximum absolute atomic E-state index is 15.9. The number of rotatable bonds is 8. The number of nitrogens with zero attached hydrogens (tertiary/aromatic N) is 4. The van der Waals surface area contributed by atoms with Crippen molar-refractivity contribution in [1.82, 2.24) is 18.8 Å². The molecule has 2 amide bonds. The van der Waals surface area contributed by atoms with E-state index in [-0.39, 0.29) is 35.7 Å². The molecule has 2 aromatic carbocycles. The number of carbonyl (C=O) groups is 2. The number of likely N-dealkylation sites (N-methyl/N-ethyl adjacent to an activating group) is 1. The van der Waals surface area contributed by atoms with Crippen LogP contribution in [0.2, 0.25) is 0 Å². The lowest BCUT2D eigenvalue weighted by Crippen LogP contribution is -2.53. The molecular weight excluding hydrogens is 693 g/mol. The number of carbonyl (C=O) groups excluding carboxylic acids is 2. The molecule has 0 radical (unpaired) electrons.